The van der Waals surface area contributed by atoms with Gasteiger partial charge in [-0.1, -0.05) is 13.8 Å². The highest BCUT2D eigenvalue weighted by molar-refractivity contribution is 5.35. The molecule has 9 atom stereocenters. The molecular weight excluding hydrogens is 352 g/mol. The Bertz CT molecular complexity index is 842. The van der Waals surface area contributed by atoms with Gasteiger partial charge in [0.05, 0.1) is 18.5 Å². The molecule has 6 rings (SSSR count). The lowest BCUT2D eigenvalue weighted by Crippen LogP contribution is -2.58. The summed E-state index contributed by atoms with van der Waals surface area (Å²) < 4.78 is 11.8. The summed E-state index contributed by atoms with van der Waals surface area (Å²) in [4.78, 5) is 11.4. The van der Waals surface area contributed by atoms with Gasteiger partial charge in [-0.3, -0.25) is 0 Å². The molecule has 0 aromatic carbocycles. The van der Waals surface area contributed by atoms with Crippen molar-refractivity contribution in [3.63, 3.8) is 0 Å². The molecule has 1 saturated heterocycles. The summed E-state index contributed by atoms with van der Waals surface area (Å²) in [6.45, 7) is 4.97. The predicted molar refractivity (Wildman–Crippen MR) is 105 cm³/mol. The normalized spacial score (nSPS) is 54.2. The van der Waals surface area contributed by atoms with Crippen molar-refractivity contribution < 1.29 is 14.3 Å². The van der Waals surface area contributed by atoms with E-state index < -0.39 is 0 Å². The Morgan fingerprint density at radius 1 is 1.04 bits per heavy atom. The van der Waals surface area contributed by atoms with Crippen molar-refractivity contribution in [3.05, 3.63) is 34.4 Å². The first kappa shape index (κ1) is 17.7. The van der Waals surface area contributed by atoms with Gasteiger partial charge in [-0.2, -0.15) is 0 Å². The Labute approximate surface area is 166 Å². The van der Waals surface area contributed by atoms with Crippen LogP contribution in [0.25, 0.3) is 0 Å². The average Bonchev–Trinajstić information content (AvgIpc) is 3.33. The van der Waals surface area contributed by atoms with E-state index in [-0.39, 0.29) is 22.7 Å². The Hall–Kier alpha value is -1.13. The SMILES string of the molecule is C[C@]12CC[C@H](O)C[C@@H]1CC[C@@H]1[C@H]2CC[C@@]2(C)[C@@H](c3ccc(=O)oc3)C[C@@H]3O[C@@]312. The number of aliphatic hydroxyl groups is 1. The molecule has 28 heavy (non-hydrogen) atoms. The fraction of sp³-hybridized carbons (Fsp3) is 0.792. The third-order valence-electron chi connectivity index (χ3n) is 10.2. The standard InChI is InChI=1S/C24H32O4/c1-22-9-7-16(25)11-15(22)4-5-18-17(22)8-10-23(2)19(12-20-24(18,23)28-20)14-3-6-21(26)27-13-14/h3,6,13,15-20,25H,4-5,7-12H2,1-2H3/t15-,16-,17+,18+,19+,20-,22-,23-,24+/m0/s1. The first-order chi connectivity index (χ1) is 13.4. The van der Waals surface area contributed by atoms with Crippen LogP contribution < -0.4 is 5.63 Å². The van der Waals surface area contributed by atoms with E-state index in [9.17, 15) is 9.90 Å². The number of rotatable bonds is 1. The minimum Gasteiger partial charge on any atom is -0.431 e. The minimum absolute atomic E-state index is 0.0285. The van der Waals surface area contributed by atoms with Gasteiger partial charge in [-0.05, 0) is 92.1 Å². The van der Waals surface area contributed by atoms with Crippen molar-refractivity contribution in [1.82, 2.24) is 0 Å². The Morgan fingerprint density at radius 2 is 1.89 bits per heavy atom. The molecule has 0 bridgehead atoms. The third-order valence-corrected chi connectivity index (χ3v) is 10.2. The van der Waals surface area contributed by atoms with Crippen LogP contribution in [0, 0.1) is 28.6 Å². The molecule has 0 unspecified atom stereocenters. The first-order valence-corrected chi connectivity index (χ1v) is 11.3. The molecule has 5 fully saturated rings. The van der Waals surface area contributed by atoms with Gasteiger partial charge in [-0.25, -0.2) is 4.79 Å². The second-order valence-corrected chi connectivity index (χ2v) is 11.0. The van der Waals surface area contributed by atoms with Gasteiger partial charge < -0.3 is 14.3 Å². The van der Waals surface area contributed by atoms with Gasteiger partial charge in [0.25, 0.3) is 0 Å². The maximum atomic E-state index is 11.4. The van der Waals surface area contributed by atoms with Crippen LogP contribution in [-0.2, 0) is 4.74 Å². The second kappa shape index (κ2) is 5.51. The summed E-state index contributed by atoms with van der Waals surface area (Å²) in [6, 6.07) is 3.55. The molecular formula is C24H32O4. The summed E-state index contributed by atoms with van der Waals surface area (Å²) >= 11 is 0. The van der Waals surface area contributed by atoms with E-state index >= 15 is 0 Å². The van der Waals surface area contributed by atoms with Crippen LogP contribution in [0.2, 0.25) is 0 Å². The first-order valence-electron chi connectivity index (χ1n) is 11.3. The lowest BCUT2D eigenvalue weighted by molar-refractivity contribution is -0.139. The van der Waals surface area contributed by atoms with Crippen molar-refractivity contribution in [2.75, 3.05) is 0 Å². The van der Waals surface area contributed by atoms with Crippen LogP contribution in [0.3, 0.4) is 0 Å². The van der Waals surface area contributed by atoms with Gasteiger partial charge in [-0.15, -0.1) is 0 Å². The van der Waals surface area contributed by atoms with Crippen molar-refractivity contribution in [2.45, 2.75) is 88.9 Å². The van der Waals surface area contributed by atoms with Gasteiger partial charge in [0, 0.05) is 11.5 Å². The van der Waals surface area contributed by atoms with Crippen LogP contribution in [0.5, 0.6) is 0 Å². The number of fused-ring (bicyclic) bond motifs is 3. The molecule has 152 valence electrons. The highest BCUT2D eigenvalue weighted by Crippen LogP contribution is 2.77. The predicted octanol–water partition coefficient (Wildman–Crippen LogP) is 4.26. The highest BCUT2D eigenvalue weighted by Gasteiger charge is 2.80. The van der Waals surface area contributed by atoms with E-state index in [1.165, 1.54) is 37.7 Å². The number of hydrogen-bond donors (Lipinski definition) is 1. The summed E-state index contributed by atoms with van der Waals surface area (Å²) in [6.07, 6.45) is 11.1. The minimum atomic E-state index is -0.266. The quantitative estimate of drug-likeness (QED) is 0.735. The van der Waals surface area contributed by atoms with Crippen LogP contribution in [0.15, 0.2) is 27.6 Å². The summed E-state index contributed by atoms with van der Waals surface area (Å²) in [5.41, 5.74) is 1.44. The molecule has 1 aliphatic heterocycles. The van der Waals surface area contributed by atoms with Crippen LogP contribution >= 0.6 is 0 Å². The zero-order chi connectivity index (χ0) is 19.3. The van der Waals surface area contributed by atoms with Crippen molar-refractivity contribution in [2.24, 2.45) is 28.6 Å². The lowest BCUT2D eigenvalue weighted by atomic mass is 9.44. The van der Waals surface area contributed by atoms with Gasteiger partial charge in [0.15, 0.2) is 0 Å². The van der Waals surface area contributed by atoms with E-state index in [4.69, 9.17) is 9.15 Å². The van der Waals surface area contributed by atoms with E-state index in [1.54, 1.807) is 12.3 Å². The van der Waals surface area contributed by atoms with E-state index in [1.807, 2.05) is 6.07 Å². The fourth-order valence-electron chi connectivity index (χ4n) is 8.74. The number of hydrogen-bond acceptors (Lipinski definition) is 4. The molecule has 0 radical (unpaired) electrons. The summed E-state index contributed by atoms with van der Waals surface area (Å²) in [5, 5.41) is 10.2. The summed E-state index contributed by atoms with van der Waals surface area (Å²) in [5.74, 6) is 2.48. The Balaban J connectivity index is 1.36. The van der Waals surface area contributed by atoms with Gasteiger partial charge in [0.2, 0.25) is 0 Å². The Morgan fingerprint density at radius 3 is 2.68 bits per heavy atom. The third kappa shape index (κ3) is 2.01. The van der Waals surface area contributed by atoms with E-state index in [0.717, 1.165) is 25.2 Å². The average molecular weight is 385 g/mol. The molecule has 4 nitrogen and oxygen atoms in total. The molecule has 4 heteroatoms. The number of ether oxygens (including phenoxy) is 1. The molecule has 1 spiro atoms. The van der Waals surface area contributed by atoms with E-state index in [0.29, 0.717) is 29.3 Å². The monoisotopic (exact) mass is 384 g/mol. The number of epoxide rings is 1. The molecule has 1 N–H and O–H groups in total. The van der Waals surface area contributed by atoms with Crippen LogP contribution in [0.4, 0.5) is 0 Å². The van der Waals surface area contributed by atoms with Crippen LogP contribution in [-0.4, -0.2) is 22.9 Å². The lowest BCUT2D eigenvalue weighted by Gasteiger charge is -2.61. The largest absolute Gasteiger partial charge is 0.431 e. The maximum absolute atomic E-state index is 11.4. The molecule has 5 aliphatic rings. The van der Waals surface area contributed by atoms with Crippen molar-refractivity contribution >= 4 is 0 Å². The van der Waals surface area contributed by atoms with Gasteiger partial charge >= 0.3 is 5.63 Å². The fourth-order valence-corrected chi connectivity index (χ4v) is 8.74. The van der Waals surface area contributed by atoms with Gasteiger partial charge in [0.1, 0.15) is 5.60 Å². The van der Waals surface area contributed by atoms with E-state index in [2.05, 4.69) is 13.8 Å². The Kier molecular flexibility index (Phi) is 3.49. The second-order valence-electron chi connectivity index (χ2n) is 11.0. The number of aliphatic hydroxyl groups excluding tert-OH is 1. The van der Waals surface area contributed by atoms with Crippen molar-refractivity contribution in [3.8, 4) is 0 Å². The molecule has 1 aromatic heterocycles. The molecule has 4 aliphatic carbocycles. The molecule has 2 heterocycles. The molecule has 4 saturated carbocycles. The smallest absolute Gasteiger partial charge is 0.335 e. The van der Waals surface area contributed by atoms with Crippen LogP contribution in [0.1, 0.15) is 76.7 Å². The topological polar surface area (TPSA) is 63.0 Å². The molecule has 1 aromatic rings. The highest BCUT2D eigenvalue weighted by atomic mass is 16.6. The zero-order valence-electron chi connectivity index (χ0n) is 17.0. The molecule has 0 amide bonds. The summed E-state index contributed by atoms with van der Waals surface area (Å²) in [7, 11) is 0. The van der Waals surface area contributed by atoms with Crippen molar-refractivity contribution in [1.29, 1.82) is 0 Å². The maximum Gasteiger partial charge on any atom is 0.335 e. The zero-order valence-corrected chi connectivity index (χ0v) is 17.0.